The summed E-state index contributed by atoms with van der Waals surface area (Å²) in [5.74, 6) is -3.96. The topological polar surface area (TPSA) is 172 Å². The van der Waals surface area contributed by atoms with E-state index in [9.17, 15) is 24.3 Å². The number of aryl methyl sites for hydroxylation is 3. The average Bonchev–Trinajstić information content (AvgIpc) is 3.63. The van der Waals surface area contributed by atoms with Crippen LogP contribution in [0, 0.1) is 18.7 Å². The molecule has 1 saturated carbocycles. The van der Waals surface area contributed by atoms with Gasteiger partial charge in [-0.15, -0.1) is 0 Å². The summed E-state index contributed by atoms with van der Waals surface area (Å²) in [6, 6.07) is 22.2. The lowest BCUT2D eigenvalue weighted by Crippen LogP contribution is -2.53. The summed E-state index contributed by atoms with van der Waals surface area (Å²) in [4.78, 5) is 76.9. The summed E-state index contributed by atoms with van der Waals surface area (Å²) in [6.07, 6.45) is 1.64. The standard InChI is InChI=1S/C44H40FN7O8/c1-24-10-13-27(14-11-24)47-51-39(54)29-21-33-28(38(25-12-15-35(53)30(45)20-25)44(29,41(51)56)26-8-6-5-7-9-26)16-19-50-42(57)49(43(58)52(33)50)18-17-31-40(55)48(2)34-23-37(60-4)36(59-3)22-32(34)46-31/h5-16,20,22-23,29,33,38,47,53H,17-19,21H2,1-4H3. The minimum absolute atomic E-state index is 0.0596. The number of phenols is 1. The molecule has 1 aliphatic carbocycles. The third kappa shape index (κ3) is 5.61. The molecule has 9 rings (SSSR count). The molecule has 2 fully saturated rings. The zero-order valence-corrected chi connectivity index (χ0v) is 33.1. The smallest absolute Gasteiger partial charge is 0.347 e. The third-order valence-electron chi connectivity index (χ3n) is 12.3. The summed E-state index contributed by atoms with van der Waals surface area (Å²) >= 11 is 0. The number of amides is 2. The number of hydrogen-bond donors (Lipinski definition) is 2. The molecule has 4 unspecified atom stereocenters. The van der Waals surface area contributed by atoms with Gasteiger partial charge in [-0.3, -0.25) is 19.8 Å². The third-order valence-corrected chi connectivity index (χ3v) is 12.3. The van der Waals surface area contributed by atoms with Crippen LogP contribution in [0.1, 0.15) is 40.8 Å². The zero-order valence-electron chi connectivity index (χ0n) is 33.1. The Labute approximate surface area is 341 Å². The van der Waals surface area contributed by atoms with E-state index in [2.05, 4.69) is 10.4 Å². The molecule has 0 radical (unpaired) electrons. The number of nitrogens with one attached hydrogen (secondary N) is 1. The first-order valence-electron chi connectivity index (χ1n) is 19.4. The van der Waals surface area contributed by atoms with Gasteiger partial charge in [0.05, 0.1) is 54.9 Å². The van der Waals surface area contributed by atoms with Gasteiger partial charge in [-0.2, -0.15) is 5.01 Å². The maximum Gasteiger partial charge on any atom is 0.347 e. The second-order valence-corrected chi connectivity index (χ2v) is 15.4. The molecule has 4 aromatic carbocycles. The van der Waals surface area contributed by atoms with Gasteiger partial charge < -0.3 is 19.1 Å². The van der Waals surface area contributed by atoms with Gasteiger partial charge in [0.25, 0.3) is 17.4 Å². The molecule has 306 valence electrons. The van der Waals surface area contributed by atoms with E-state index in [-0.39, 0.29) is 31.6 Å². The number of allylic oxidation sites excluding steroid dienone is 2. The molecule has 2 N–H and O–H groups in total. The molecule has 16 heteroatoms. The van der Waals surface area contributed by atoms with Gasteiger partial charge in [-0.25, -0.2) is 32.9 Å². The van der Waals surface area contributed by atoms with Gasteiger partial charge in [-0.1, -0.05) is 60.2 Å². The Hall–Kier alpha value is -7.23. The van der Waals surface area contributed by atoms with Gasteiger partial charge in [-0.05, 0) is 54.3 Å². The van der Waals surface area contributed by atoms with Crippen LogP contribution in [0.3, 0.4) is 0 Å². The average molecular weight is 814 g/mol. The van der Waals surface area contributed by atoms with Gasteiger partial charge in [0.2, 0.25) is 0 Å². The second kappa shape index (κ2) is 14.2. The molecule has 0 spiro atoms. The Morgan fingerprint density at radius 2 is 1.63 bits per heavy atom. The number of imide groups is 1. The molecule has 15 nitrogen and oxygen atoms in total. The number of carbonyl (C=O) groups is 2. The summed E-state index contributed by atoms with van der Waals surface area (Å²) in [5, 5.41) is 11.3. The first-order chi connectivity index (χ1) is 28.9. The van der Waals surface area contributed by atoms with E-state index in [0.29, 0.717) is 44.9 Å². The molecular weight excluding hydrogens is 774 g/mol. The van der Waals surface area contributed by atoms with Crippen LogP contribution >= 0.6 is 0 Å². The zero-order chi connectivity index (χ0) is 42.2. The fourth-order valence-electron chi connectivity index (χ4n) is 9.42. The number of ether oxygens (including phenoxy) is 2. The molecule has 2 amide bonds. The van der Waals surface area contributed by atoms with Gasteiger partial charge in [0.15, 0.2) is 23.1 Å². The molecule has 1 saturated heterocycles. The first kappa shape index (κ1) is 38.3. The lowest BCUT2D eigenvalue weighted by Gasteiger charge is -2.49. The summed E-state index contributed by atoms with van der Waals surface area (Å²) in [5.41, 5.74) is 3.51. The van der Waals surface area contributed by atoms with E-state index < -0.39 is 63.6 Å². The van der Waals surface area contributed by atoms with Gasteiger partial charge >= 0.3 is 11.4 Å². The fraction of sp³-hybridized carbons (Fsp3) is 0.273. The van der Waals surface area contributed by atoms with Crippen molar-refractivity contribution < 1.29 is 28.6 Å². The molecule has 2 aromatic heterocycles. The van der Waals surface area contributed by atoms with E-state index in [1.807, 2.05) is 19.1 Å². The van der Waals surface area contributed by atoms with E-state index >= 15 is 9.18 Å². The highest BCUT2D eigenvalue weighted by Crippen LogP contribution is 2.62. The Balaban J connectivity index is 1.16. The van der Waals surface area contributed by atoms with Crippen molar-refractivity contribution >= 4 is 28.5 Å². The van der Waals surface area contributed by atoms with Crippen molar-refractivity contribution in [2.45, 2.75) is 50.2 Å². The van der Waals surface area contributed by atoms with Crippen LogP contribution in [0.25, 0.3) is 11.0 Å². The second-order valence-electron chi connectivity index (χ2n) is 15.4. The fourth-order valence-corrected chi connectivity index (χ4v) is 9.42. The monoisotopic (exact) mass is 813 g/mol. The van der Waals surface area contributed by atoms with Gasteiger partial charge in [0.1, 0.15) is 5.69 Å². The molecule has 6 aromatic rings. The van der Waals surface area contributed by atoms with E-state index in [1.54, 1.807) is 67.7 Å². The lowest BCUT2D eigenvalue weighted by molar-refractivity contribution is -0.138. The van der Waals surface area contributed by atoms with Crippen LogP contribution in [0.5, 0.6) is 17.2 Å². The number of aromatic nitrogens is 5. The number of hydrogen-bond acceptors (Lipinski definition) is 10. The van der Waals surface area contributed by atoms with Crippen molar-refractivity contribution in [1.82, 2.24) is 28.5 Å². The molecule has 4 heterocycles. The van der Waals surface area contributed by atoms with Crippen molar-refractivity contribution in [1.29, 1.82) is 0 Å². The minimum atomic E-state index is -1.63. The number of rotatable bonds is 9. The number of fused-ring (bicyclic) bond motifs is 5. The van der Waals surface area contributed by atoms with Crippen molar-refractivity contribution in [3.63, 3.8) is 0 Å². The number of anilines is 1. The number of methoxy groups -OCH3 is 2. The largest absolute Gasteiger partial charge is 0.505 e. The maximum absolute atomic E-state index is 15.4. The lowest BCUT2D eigenvalue weighted by atomic mass is 9.53. The van der Waals surface area contributed by atoms with Crippen molar-refractivity contribution in [3.05, 3.63) is 156 Å². The predicted molar refractivity (Wildman–Crippen MR) is 218 cm³/mol. The first-order valence-corrected chi connectivity index (χ1v) is 19.4. The molecular formula is C44H40FN7O8. The SMILES string of the molecule is COc1cc2nc(CCn3c(=O)n4n(c3=O)C3CC5C(=O)N(Nc6ccc(C)cc6)C(=O)C5(c5ccccc5)C(c5ccc(O)c(F)c5)C3=CC4)c(=O)n(C)c2cc1OC. The highest BCUT2D eigenvalue weighted by Gasteiger charge is 2.68. The van der Waals surface area contributed by atoms with Crippen molar-refractivity contribution in [2.75, 3.05) is 19.6 Å². The van der Waals surface area contributed by atoms with E-state index in [0.717, 1.165) is 21.2 Å². The number of carbonyl (C=O) groups excluding carboxylic acids is 2. The normalized spacial score (nSPS) is 20.7. The number of aromatic hydroxyl groups is 1. The quantitative estimate of drug-likeness (QED) is 0.160. The maximum atomic E-state index is 15.4. The summed E-state index contributed by atoms with van der Waals surface area (Å²) in [6.45, 7) is 1.64. The highest BCUT2D eigenvalue weighted by atomic mass is 19.1. The Morgan fingerprint density at radius 1 is 0.917 bits per heavy atom. The molecule has 2 aliphatic heterocycles. The van der Waals surface area contributed by atoms with Crippen LogP contribution in [0.4, 0.5) is 10.1 Å². The summed E-state index contributed by atoms with van der Waals surface area (Å²) < 4.78 is 31.3. The number of halogens is 1. The predicted octanol–water partition coefficient (Wildman–Crippen LogP) is 4.09. The number of hydrazine groups is 1. The van der Waals surface area contributed by atoms with Crippen molar-refractivity contribution in [2.24, 2.45) is 13.0 Å². The Kier molecular flexibility index (Phi) is 9.10. The molecule has 0 bridgehead atoms. The Morgan fingerprint density at radius 3 is 2.33 bits per heavy atom. The molecule has 60 heavy (non-hydrogen) atoms. The highest BCUT2D eigenvalue weighted by molar-refractivity contribution is 6.12. The number of phenolic OH excluding ortho intramolecular Hbond substituents is 1. The van der Waals surface area contributed by atoms with E-state index in [4.69, 9.17) is 9.47 Å². The van der Waals surface area contributed by atoms with Crippen molar-refractivity contribution in [3.8, 4) is 17.2 Å². The van der Waals surface area contributed by atoms with Crippen LogP contribution in [-0.4, -0.2) is 59.6 Å². The molecule has 4 atom stereocenters. The number of nitrogens with zero attached hydrogens (tertiary/aromatic N) is 6. The Bertz CT molecular complexity index is 2970. The number of benzene rings is 4. The minimum Gasteiger partial charge on any atom is -0.505 e. The van der Waals surface area contributed by atoms with Crippen LogP contribution in [-0.2, 0) is 41.6 Å². The van der Waals surface area contributed by atoms with Crippen LogP contribution in [0.2, 0.25) is 0 Å². The van der Waals surface area contributed by atoms with Crippen LogP contribution < -0.4 is 31.8 Å². The van der Waals surface area contributed by atoms with Gasteiger partial charge in [0, 0.05) is 38.1 Å². The van der Waals surface area contributed by atoms with E-state index in [1.165, 1.54) is 40.3 Å². The molecule has 3 aliphatic rings. The summed E-state index contributed by atoms with van der Waals surface area (Å²) in [7, 11) is 4.56. The van der Waals surface area contributed by atoms with Crippen LogP contribution in [0.15, 0.2) is 111 Å².